The number of carbonyl (C=O) groups excluding carboxylic acids is 3. The first-order chi connectivity index (χ1) is 15.8. The van der Waals surface area contributed by atoms with Gasteiger partial charge in [0.1, 0.15) is 0 Å². The van der Waals surface area contributed by atoms with Gasteiger partial charge in [0.15, 0.2) is 5.60 Å². The number of carbonyl (C=O) groups is 5. The molecule has 2 amide bonds. The molecule has 0 bridgehead atoms. The fourth-order valence-corrected chi connectivity index (χ4v) is 3.95. The molecule has 1 aliphatic rings. The van der Waals surface area contributed by atoms with Crippen molar-refractivity contribution in [3.05, 3.63) is 33.3 Å². The number of aliphatic carboxylic acids is 2. The second-order valence-electron chi connectivity index (χ2n) is 8.14. The summed E-state index contributed by atoms with van der Waals surface area (Å²) < 4.78 is 11.3. The molecule has 34 heavy (non-hydrogen) atoms. The fraction of sp³-hybridized carbons (Fsp3) is 0.450. The van der Waals surface area contributed by atoms with Gasteiger partial charge in [-0.15, -0.1) is 0 Å². The quantitative estimate of drug-likeness (QED) is 0.294. The lowest BCUT2D eigenvalue weighted by atomic mass is 9.74. The van der Waals surface area contributed by atoms with Crippen LogP contribution in [-0.4, -0.2) is 65.1 Å². The van der Waals surface area contributed by atoms with Crippen LogP contribution in [0.15, 0.2) is 22.7 Å². The average Bonchev–Trinajstić information content (AvgIpc) is 3.01. The summed E-state index contributed by atoms with van der Waals surface area (Å²) in [7, 11) is -1.41. The number of benzene rings is 1. The van der Waals surface area contributed by atoms with Crippen LogP contribution >= 0.6 is 27.5 Å². The molecule has 1 aliphatic heterocycles. The summed E-state index contributed by atoms with van der Waals surface area (Å²) in [5, 5.41) is 23.5. The van der Waals surface area contributed by atoms with Gasteiger partial charge in [-0.1, -0.05) is 41.4 Å². The van der Waals surface area contributed by atoms with E-state index >= 15 is 0 Å². The third-order valence-electron chi connectivity index (χ3n) is 4.79. The smallest absolute Gasteiger partial charge is 0.506 e. The number of carboxylic acids is 2. The summed E-state index contributed by atoms with van der Waals surface area (Å²) in [4.78, 5) is 59.8. The summed E-state index contributed by atoms with van der Waals surface area (Å²) in [6.07, 6.45) is -1.58. The Labute approximate surface area is 208 Å². The molecule has 1 saturated heterocycles. The molecule has 11 nitrogen and oxygen atoms in total. The number of carboxylic acid groups (broad SMARTS) is 2. The lowest BCUT2D eigenvalue weighted by molar-refractivity contribution is -0.157. The zero-order chi connectivity index (χ0) is 25.6. The van der Waals surface area contributed by atoms with Gasteiger partial charge in [-0.25, -0.2) is 0 Å². The molecule has 2 rings (SSSR count). The van der Waals surface area contributed by atoms with Crippen molar-refractivity contribution in [1.29, 1.82) is 0 Å². The lowest BCUT2D eigenvalue weighted by Gasteiger charge is -2.24. The highest BCUT2D eigenvalue weighted by Gasteiger charge is 2.57. The highest BCUT2D eigenvalue weighted by Crippen LogP contribution is 2.32. The number of hydrogen-bond donors (Lipinski definition) is 4. The van der Waals surface area contributed by atoms with Crippen molar-refractivity contribution >= 4 is 64.4 Å². The normalized spacial score (nSPS) is 15.6. The Kier molecular flexibility index (Phi) is 9.48. The fourth-order valence-electron chi connectivity index (χ4n) is 3.38. The lowest BCUT2D eigenvalue weighted by Crippen LogP contribution is -2.51. The minimum absolute atomic E-state index is 0.0170. The maximum absolute atomic E-state index is 12.5. The van der Waals surface area contributed by atoms with Crippen molar-refractivity contribution in [2.45, 2.75) is 44.7 Å². The van der Waals surface area contributed by atoms with Crippen molar-refractivity contribution in [3.8, 4) is 0 Å². The SMILES string of the molecule is CC(C)CC(NC(=O)CNC(=O)c1cc(Br)ccc1Cl)B1OC(=O)C(CC(=O)O)(CC(=O)O)O1. The molecule has 0 saturated carbocycles. The number of hydrogen-bond acceptors (Lipinski definition) is 7. The Morgan fingerprint density at radius 1 is 1.18 bits per heavy atom. The van der Waals surface area contributed by atoms with Gasteiger partial charge in [0.2, 0.25) is 5.91 Å². The predicted octanol–water partition coefficient (Wildman–Crippen LogP) is 1.65. The summed E-state index contributed by atoms with van der Waals surface area (Å²) >= 11 is 9.25. The van der Waals surface area contributed by atoms with Crippen LogP contribution in [0.4, 0.5) is 0 Å². The first-order valence-corrected chi connectivity index (χ1v) is 11.3. The highest BCUT2D eigenvalue weighted by molar-refractivity contribution is 9.10. The van der Waals surface area contributed by atoms with Crippen LogP contribution in [0.1, 0.15) is 43.5 Å². The topological polar surface area (TPSA) is 168 Å². The molecule has 0 aliphatic carbocycles. The molecule has 1 atom stereocenters. The standard InChI is InChI=1S/C20H23BBrClN2O9/c1-10(2)5-14(21-33-19(32)20(34-21,7-16(27)28)8-17(29)30)25-15(26)9-24-18(31)12-6-11(22)3-4-13(12)23/h3-4,6,10,14H,5,7-9H2,1-2H3,(H,24,31)(H,25,26)(H,27,28)(H,29,30). The minimum Gasteiger partial charge on any atom is -0.506 e. The van der Waals surface area contributed by atoms with E-state index < -0.39 is 67.8 Å². The summed E-state index contributed by atoms with van der Waals surface area (Å²) in [5.41, 5.74) is -2.06. The third-order valence-corrected chi connectivity index (χ3v) is 5.62. The van der Waals surface area contributed by atoms with Crippen LogP contribution in [0.25, 0.3) is 0 Å². The number of halogens is 2. The molecule has 1 heterocycles. The van der Waals surface area contributed by atoms with E-state index in [4.69, 9.17) is 31.1 Å². The largest absolute Gasteiger partial charge is 0.552 e. The molecular formula is C20H23BBrClN2O9. The number of rotatable bonds is 11. The van der Waals surface area contributed by atoms with E-state index in [0.717, 1.165) is 0 Å². The van der Waals surface area contributed by atoms with E-state index in [1.807, 2.05) is 13.8 Å². The Morgan fingerprint density at radius 3 is 2.35 bits per heavy atom. The van der Waals surface area contributed by atoms with Gasteiger partial charge in [0.05, 0.1) is 35.9 Å². The zero-order valence-electron chi connectivity index (χ0n) is 18.3. The van der Waals surface area contributed by atoms with Crippen molar-refractivity contribution in [2.75, 3.05) is 6.54 Å². The van der Waals surface area contributed by atoms with Crippen LogP contribution in [0.5, 0.6) is 0 Å². The van der Waals surface area contributed by atoms with Crippen molar-refractivity contribution in [2.24, 2.45) is 5.92 Å². The first-order valence-electron chi connectivity index (χ1n) is 10.2. The van der Waals surface area contributed by atoms with E-state index in [1.54, 1.807) is 6.07 Å². The molecule has 1 aromatic rings. The highest BCUT2D eigenvalue weighted by atomic mass is 79.9. The van der Waals surface area contributed by atoms with Crippen LogP contribution in [0, 0.1) is 5.92 Å². The van der Waals surface area contributed by atoms with Crippen LogP contribution in [0.2, 0.25) is 5.02 Å². The van der Waals surface area contributed by atoms with Gasteiger partial charge >= 0.3 is 25.0 Å². The van der Waals surface area contributed by atoms with Crippen LogP contribution in [0.3, 0.4) is 0 Å². The molecular weight excluding hydrogens is 538 g/mol. The molecule has 1 unspecified atom stereocenters. The molecule has 4 N–H and O–H groups in total. The Morgan fingerprint density at radius 2 is 1.79 bits per heavy atom. The molecule has 184 valence electrons. The van der Waals surface area contributed by atoms with Crippen molar-refractivity contribution < 1.29 is 43.5 Å². The monoisotopic (exact) mass is 560 g/mol. The van der Waals surface area contributed by atoms with Gasteiger partial charge in [-0.3, -0.25) is 24.0 Å². The third kappa shape index (κ3) is 7.44. The van der Waals surface area contributed by atoms with E-state index in [2.05, 4.69) is 26.6 Å². The number of amides is 2. The van der Waals surface area contributed by atoms with Gasteiger partial charge in [0.25, 0.3) is 5.91 Å². The first kappa shape index (κ1) is 27.6. The van der Waals surface area contributed by atoms with Gasteiger partial charge in [-0.05, 0) is 30.5 Å². The summed E-state index contributed by atoms with van der Waals surface area (Å²) in [6, 6.07) is 4.67. The van der Waals surface area contributed by atoms with Gasteiger partial charge in [0, 0.05) is 4.47 Å². The van der Waals surface area contributed by atoms with Crippen LogP contribution < -0.4 is 10.6 Å². The second-order valence-corrected chi connectivity index (χ2v) is 9.46. The number of nitrogens with one attached hydrogen (secondary N) is 2. The molecule has 1 aromatic carbocycles. The van der Waals surface area contributed by atoms with E-state index in [-0.39, 0.29) is 22.9 Å². The maximum Gasteiger partial charge on any atom is 0.552 e. The molecule has 1 fully saturated rings. The minimum atomic E-state index is -2.21. The van der Waals surface area contributed by atoms with E-state index in [0.29, 0.717) is 4.47 Å². The Balaban J connectivity index is 2.10. The van der Waals surface area contributed by atoms with Gasteiger partial charge < -0.3 is 30.2 Å². The second kappa shape index (κ2) is 11.7. The van der Waals surface area contributed by atoms with Gasteiger partial charge in [-0.2, -0.15) is 0 Å². The molecule has 0 radical (unpaired) electrons. The summed E-state index contributed by atoms with van der Waals surface area (Å²) in [5.74, 6) is -6.20. The molecule has 0 spiro atoms. The van der Waals surface area contributed by atoms with Crippen molar-refractivity contribution in [1.82, 2.24) is 10.6 Å². The Hall–Kier alpha value is -2.64. The van der Waals surface area contributed by atoms with Crippen molar-refractivity contribution in [3.63, 3.8) is 0 Å². The van der Waals surface area contributed by atoms with Crippen LogP contribution in [-0.2, 0) is 28.5 Å². The Bertz CT molecular complexity index is 975. The molecule has 0 aromatic heterocycles. The summed E-state index contributed by atoms with van der Waals surface area (Å²) in [6.45, 7) is 3.22. The van der Waals surface area contributed by atoms with E-state index in [1.165, 1.54) is 12.1 Å². The van der Waals surface area contributed by atoms with E-state index in [9.17, 15) is 24.0 Å². The predicted molar refractivity (Wildman–Crippen MR) is 123 cm³/mol. The maximum atomic E-state index is 12.5. The zero-order valence-corrected chi connectivity index (χ0v) is 20.6. The molecule has 14 heteroatoms. The average molecular weight is 562 g/mol.